The molecule has 0 bridgehead atoms. The van der Waals surface area contributed by atoms with Crippen LogP contribution in [0.1, 0.15) is 19.3 Å². The second-order valence-corrected chi connectivity index (χ2v) is 9.76. The Hall–Kier alpha value is -2.91. The van der Waals surface area contributed by atoms with Crippen molar-refractivity contribution in [3.63, 3.8) is 0 Å². The van der Waals surface area contributed by atoms with Crippen LogP contribution in [-0.4, -0.2) is 98.7 Å². The van der Waals surface area contributed by atoms with Gasteiger partial charge in [0.1, 0.15) is 0 Å². The highest BCUT2D eigenvalue weighted by Gasteiger charge is 2.27. The van der Waals surface area contributed by atoms with Crippen LogP contribution in [0.15, 0.2) is 30.5 Å². The molecule has 9 nitrogen and oxygen atoms in total. The number of rotatable bonds is 4. The molecule has 9 heteroatoms. The molecule has 34 heavy (non-hydrogen) atoms. The van der Waals surface area contributed by atoms with Crippen molar-refractivity contribution in [1.82, 2.24) is 19.8 Å². The van der Waals surface area contributed by atoms with Gasteiger partial charge in [0, 0.05) is 83.7 Å². The van der Waals surface area contributed by atoms with E-state index in [1.54, 1.807) is 18.1 Å². The largest absolute Gasteiger partial charge is 0.371 e. The van der Waals surface area contributed by atoms with E-state index < -0.39 is 0 Å². The Morgan fingerprint density at radius 3 is 2.32 bits per heavy atom. The number of nitrogens with one attached hydrogen (secondary N) is 1. The lowest BCUT2D eigenvalue weighted by molar-refractivity contribution is -0.118. The average Bonchev–Trinajstić information content (AvgIpc) is 2.97. The molecular formula is C25H36N8O. The molecule has 3 aliphatic heterocycles. The highest BCUT2D eigenvalue weighted by molar-refractivity contribution is 5.96. The van der Waals surface area contributed by atoms with E-state index in [2.05, 4.69) is 61.3 Å². The molecule has 4 heterocycles. The first kappa shape index (κ1) is 22.9. The number of piperazine rings is 1. The summed E-state index contributed by atoms with van der Waals surface area (Å²) in [5.41, 5.74) is 3.07. The van der Waals surface area contributed by atoms with Crippen molar-refractivity contribution in [1.29, 1.82) is 0 Å². The molecule has 2 fully saturated rings. The average molecular weight is 465 g/mol. The molecule has 1 aromatic carbocycles. The first-order valence-corrected chi connectivity index (χ1v) is 12.4. The first-order chi connectivity index (χ1) is 16.5. The van der Waals surface area contributed by atoms with Gasteiger partial charge >= 0.3 is 0 Å². The first-order valence-electron chi connectivity index (χ1n) is 12.4. The molecule has 0 unspecified atom stereocenters. The zero-order chi connectivity index (χ0) is 23.7. The van der Waals surface area contributed by atoms with E-state index in [0.29, 0.717) is 24.7 Å². The van der Waals surface area contributed by atoms with Crippen LogP contribution >= 0.6 is 0 Å². The van der Waals surface area contributed by atoms with Crippen LogP contribution in [0.3, 0.4) is 0 Å². The Morgan fingerprint density at radius 2 is 1.62 bits per heavy atom. The van der Waals surface area contributed by atoms with Gasteiger partial charge in [-0.3, -0.25) is 14.6 Å². The summed E-state index contributed by atoms with van der Waals surface area (Å²) in [6.07, 6.45) is 4.72. The van der Waals surface area contributed by atoms with Gasteiger partial charge < -0.3 is 20.0 Å². The molecule has 0 atom stereocenters. The van der Waals surface area contributed by atoms with Gasteiger partial charge in [-0.2, -0.15) is 4.98 Å². The minimum absolute atomic E-state index is 0.0657. The lowest BCUT2D eigenvalue weighted by atomic mass is 10.0. The topological polar surface area (TPSA) is 71.1 Å². The summed E-state index contributed by atoms with van der Waals surface area (Å²) in [5, 5.41) is 3.30. The zero-order valence-electron chi connectivity index (χ0n) is 20.6. The van der Waals surface area contributed by atoms with E-state index in [9.17, 15) is 4.79 Å². The normalized spacial score (nSPS) is 20.9. The predicted molar refractivity (Wildman–Crippen MR) is 137 cm³/mol. The SMILES string of the molecule is CN1CCN(C2CCN(c3ccc(Nc4ncc5c(n4)N(C)C(=O)CCN5C)cc3)CC2)CC1. The molecule has 1 N–H and O–H groups in total. The number of carbonyl (C=O) groups excluding carboxylic acids is 1. The molecular weight excluding hydrogens is 428 g/mol. The Labute approximate surface area is 202 Å². The molecule has 0 spiro atoms. The third-order valence-corrected chi connectivity index (χ3v) is 7.52. The van der Waals surface area contributed by atoms with Gasteiger partial charge in [-0.05, 0) is 44.2 Å². The Morgan fingerprint density at radius 1 is 0.912 bits per heavy atom. The number of carbonyl (C=O) groups is 1. The minimum atomic E-state index is 0.0657. The minimum Gasteiger partial charge on any atom is -0.371 e. The summed E-state index contributed by atoms with van der Waals surface area (Å²) in [4.78, 5) is 32.7. The summed E-state index contributed by atoms with van der Waals surface area (Å²) in [6, 6.07) is 9.23. The van der Waals surface area contributed by atoms with Gasteiger partial charge in [-0.25, -0.2) is 4.98 Å². The fourth-order valence-corrected chi connectivity index (χ4v) is 5.17. The Kier molecular flexibility index (Phi) is 6.56. The standard InChI is InChI=1S/C25H36N8O/c1-29-14-16-33(17-15-29)21-8-12-32(13-9-21)20-6-4-19(5-7-20)27-25-26-18-22-24(28-25)31(3)23(34)10-11-30(22)2/h4-7,18,21H,8-17H2,1-3H3,(H,26,27,28). The molecule has 0 saturated carbocycles. The maximum absolute atomic E-state index is 12.3. The van der Waals surface area contributed by atoms with E-state index in [1.165, 1.54) is 44.7 Å². The maximum atomic E-state index is 12.3. The van der Waals surface area contributed by atoms with Crippen molar-refractivity contribution in [3.05, 3.63) is 30.5 Å². The summed E-state index contributed by atoms with van der Waals surface area (Å²) in [6.45, 7) is 7.65. The van der Waals surface area contributed by atoms with Crippen molar-refractivity contribution in [2.45, 2.75) is 25.3 Å². The van der Waals surface area contributed by atoms with Crippen LogP contribution in [0.5, 0.6) is 0 Å². The van der Waals surface area contributed by atoms with Crippen LogP contribution < -0.4 is 20.0 Å². The van der Waals surface area contributed by atoms with Crippen LogP contribution in [0.4, 0.5) is 28.8 Å². The number of piperidine rings is 1. The maximum Gasteiger partial charge on any atom is 0.229 e. The second-order valence-electron chi connectivity index (χ2n) is 9.76. The smallest absolute Gasteiger partial charge is 0.229 e. The summed E-state index contributed by atoms with van der Waals surface area (Å²) >= 11 is 0. The van der Waals surface area contributed by atoms with E-state index in [-0.39, 0.29) is 5.91 Å². The number of amides is 1. The molecule has 0 radical (unpaired) electrons. The summed E-state index contributed by atoms with van der Waals surface area (Å²) in [5.74, 6) is 1.20. The lowest BCUT2D eigenvalue weighted by Gasteiger charge is -2.42. The number of nitrogens with zero attached hydrogens (tertiary/aromatic N) is 7. The Balaban J connectivity index is 1.20. The van der Waals surface area contributed by atoms with Gasteiger partial charge in [0.05, 0.1) is 11.9 Å². The van der Waals surface area contributed by atoms with Crippen molar-refractivity contribution >= 4 is 34.7 Å². The number of hydrogen-bond acceptors (Lipinski definition) is 8. The number of fused-ring (bicyclic) bond motifs is 1. The van der Waals surface area contributed by atoms with Crippen LogP contribution in [0, 0.1) is 0 Å². The van der Waals surface area contributed by atoms with Gasteiger partial charge in [-0.15, -0.1) is 0 Å². The molecule has 2 saturated heterocycles. The number of anilines is 5. The fourth-order valence-electron chi connectivity index (χ4n) is 5.17. The van der Waals surface area contributed by atoms with E-state index in [1.807, 2.05) is 11.9 Å². The number of hydrogen-bond donors (Lipinski definition) is 1. The van der Waals surface area contributed by atoms with Gasteiger partial charge in [0.25, 0.3) is 0 Å². The van der Waals surface area contributed by atoms with Crippen LogP contribution in [0.25, 0.3) is 0 Å². The number of aromatic nitrogens is 2. The fraction of sp³-hybridized carbons (Fsp3) is 0.560. The lowest BCUT2D eigenvalue weighted by Crippen LogP contribution is -2.52. The molecule has 182 valence electrons. The van der Waals surface area contributed by atoms with E-state index >= 15 is 0 Å². The highest BCUT2D eigenvalue weighted by atomic mass is 16.2. The molecule has 5 rings (SSSR count). The van der Waals surface area contributed by atoms with Gasteiger partial charge in [-0.1, -0.05) is 0 Å². The van der Waals surface area contributed by atoms with E-state index in [0.717, 1.165) is 30.5 Å². The van der Waals surface area contributed by atoms with Crippen LogP contribution in [-0.2, 0) is 4.79 Å². The van der Waals surface area contributed by atoms with Crippen molar-refractivity contribution in [2.24, 2.45) is 0 Å². The molecule has 0 aliphatic carbocycles. The van der Waals surface area contributed by atoms with Crippen molar-refractivity contribution in [2.75, 3.05) is 87.0 Å². The number of benzene rings is 1. The molecule has 2 aromatic rings. The summed E-state index contributed by atoms with van der Waals surface area (Å²) in [7, 11) is 5.96. The summed E-state index contributed by atoms with van der Waals surface area (Å²) < 4.78 is 0. The van der Waals surface area contributed by atoms with Gasteiger partial charge in [0.2, 0.25) is 11.9 Å². The Bertz CT molecular complexity index is 996. The quantitative estimate of drug-likeness (QED) is 0.739. The predicted octanol–water partition coefficient (Wildman–Crippen LogP) is 2.24. The van der Waals surface area contributed by atoms with Crippen LogP contribution in [0.2, 0.25) is 0 Å². The number of likely N-dealkylation sites (N-methyl/N-ethyl adjacent to an activating group) is 1. The molecule has 1 amide bonds. The van der Waals surface area contributed by atoms with E-state index in [4.69, 9.17) is 0 Å². The highest BCUT2D eigenvalue weighted by Crippen LogP contribution is 2.30. The van der Waals surface area contributed by atoms with Gasteiger partial charge in [0.15, 0.2) is 5.82 Å². The monoisotopic (exact) mass is 464 g/mol. The third kappa shape index (κ3) is 4.81. The second kappa shape index (κ2) is 9.76. The molecule has 1 aromatic heterocycles. The zero-order valence-corrected chi connectivity index (χ0v) is 20.6. The van der Waals surface area contributed by atoms with Crippen molar-refractivity contribution in [3.8, 4) is 0 Å². The van der Waals surface area contributed by atoms with Crippen molar-refractivity contribution < 1.29 is 4.79 Å². The molecule has 3 aliphatic rings. The third-order valence-electron chi connectivity index (χ3n) is 7.52.